The molecule has 0 aliphatic heterocycles. The molecular weight excluding hydrogens is 646 g/mol. The third-order valence-electron chi connectivity index (χ3n) is 6.82. The third-order valence-corrected chi connectivity index (χ3v) is 7.31. The Kier molecular flexibility index (Phi) is 10.0. The van der Waals surface area contributed by atoms with E-state index in [-0.39, 0.29) is 30.7 Å². The Morgan fingerprint density at radius 3 is 2.31 bits per heavy atom. The summed E-state index contributed by atoms with van der Waals surface area (Å²) in [5.41, 5.74) is 1.12. The average Bonchev–Trinajstić information content (AvgIpc) is 3.57. The summed E-state index contributed by atoms with van der Waals surface area (Å²) in [6.45, 7) is 16.4. The maximum Gasteiger partial charge on any atom is 0.409 e. The van der Waals surface area contributed by atoms with Crippen molar-refractivity contribution in [2.24, 2.45) is 0 Å². The number of hydrogen-bond donors (Lipinski definition) is 2. The third kappa shape index (κ3) is 8.65. The Hall–Kier alpha value is -3.87. The maximum absolute atomic E-state index is 14.3. The Morgan fingerprint density at radius 2 is 1.69 bits per heavy atom. The Labute approximate surface area is 271 Å². The summed E-state index contributed by atoms with van der Waals surface area (Å²) >= 11 is 3.47. The molecule has 1 fully saturated rings. The fourth-order valence-electron chi connectivity index (χ4n) is 4.88. The summed E-state index contributed by atoms with van der Waals surface area (Å²) in [5, 5.41) is 14.1. The van der Waals surface area contributed by atoms with Gasteiger partial charge in [0.1, 0.15) is 35.4 Å². The van der Waals surface area contributed by atoms with Gasteiger partial charge in [-0.3, -0.25) is 4.79 Å². The van der Waals surface area contributed by atoms with Crippen LogP contribution in [-0.2, 0) is 9.47 Å². The van der Waals surface area contributed by atoms with E-state index in [4.69, 9.17) is 18.6 Å². The zero-order chi connectivity index (χ0) is 33.3. The van der Waals surface area contributed by atoms with Crippen LogP contribution < -0.4 is 15.4 Å². The van der Waals surface area contributed by atoms with Crippen molar-refractivity contribution in [3.05, 3.63) is 50.9 Å². The zero-order valence-electron chi connectivity index (χ0n) is 27.3. The molecule has 1 aliphatic rings. The number of nitrogens with zero attached hydrogens (tertiary/aromatic N) is 3. The molecule has 2 aromatic heterocycles. The highest BCUT2D eigenvalue weighted by atomic mass is 79.9. The largest absolute Gasteiger partial charge is 0.491 e. The number of halogens is 1. The summed E-state index contributed by atoms with van der Waals surface area (Å²) in [4.78, 5) is 39.1. The molecule has 1 unspecified atom stereocenters. The number of ether oxygens (including phenoxy) is 3. The van der Waals surface area contributed by atoms with Crippen LogP contribution in [0.1, 0.15) is 106 Å². The van der Waals surface area contributed by atoms with Gasteiger partial charge in [0.2, 0.25) is 5.89 Å². The number of benzene rings is 1. The van der Waals surface area contributed by atoms with E-state index in [0.29, 0.717) is 44.2 Å². The molecule has 0 bridgehead atoms. The van der Waals surface area contributed by atoms with Crippen LogP contribution in [0.3, 0.4) is 0 Å². The van der Waals surface area contributed by atoms with E-state index in [9.17, 15) is 14.4 Å². The highest BCUT2D eigenvalue weighted by Gasteiger charge is 2.34. The fourth-order valence-corrected chi connectivity index (χ4v) is 5.24. The van der Waals surface area contributed by atoms with Gasteiger partial charge >= 0.3 is 12.2 Å². The normalized spacial score (nSPS) is 14.1. The van der Waals surface area contributed by atoms with Crippen LogP contribution in [0.5, 0.6) is 5.75 Å². The van der Waals surface area contributed by atoms with Crippen molar-refractivity contribution in [1.29, 1.82) is 0 Å². The summed E-state index contributed by atoms with van der Waals surface area (Å²) < 4.78 is 25.3. The number of carbonyl (C=O) groups excluding carboxylic acids is 3. The smallest absolute Gasteiger partial charge is 0.409 e. The second-order valence-corrected chi connectivity index (χ2v) is 14.0. The van der Waals surface area contributed by atoms with Crippen LogP contribution in [-0.4, -0.2) is 57.1 Å². The molecule has 4 rings (SSSR count). The molecule has 1 atom stereocenters. The second-order valence-electron chi connectivity index (χ2n) is 13.1. The first-order valence-corrected chi connectivity index (χ1v) is 15.7. The number of amides is 2. The number of ketones is 1. The Morgan fingerprint density at radius 1 is 1.04 bits per heavy atom. The quantitative estimate of drug-likeness (QED) is 0.170. The van der Waals surface area contributed by atoms with Crippen molar-refractivity contribution >= 4 is 33.9 Å². The minimum Gasteiger partial charge on any atom is -0.491 e. The lowest BCUT2D eigenvalue weighted by atomic mass is 9.99. The van der Waals surface area contributed by atoms with E-state index in [2.05, 4.69) is 36.8 Å². The maximum atomic E-state index is 14.3. The monoisotopic (exact) mass is 687 g/mol. The molecule has 45 heavy (non-hydrogen) atoms. The number of aromatic nitrogens is 3. The fraction of sp³-hybridized carbons (Fsp3) is 0.531. The molecule has 0 saturated heterocycles. The lowest BCUT2D eigenvalue weighted by Gasteiger charge is -2.24. The lowest BCUT2D eigenvalue weighted by Crippen LogP contribution is -2.36. The van der Waals surface area contributed by atoms with Crippen molar-refractivity contribution in [3.8, 4) is 17.3 Å². The predicted molar refractivity (Wildman–Crippen MR) is 171 cm³/mol. The zero-order valence-corrected chi connectivity index (χ0v) is 28.9. The molecule has 1 aromatic carbocycles. The van der Waals surface area contributed by atoms with Crippen molar-refractivity contribution in [1.82, 2.24) is 25.4 Å². The molecule has 2 N–H and O–H groups in total. The number of alkyl carbamates (subject to hydrolysis) is 2. The number of carbonyl (C=O) groups is 3. The summed E-state index contributed by atoms with van der Waals surface area (Å²) in [6.07, 6.45) is 0.174. The van der Waals surface area contributed by atoms with Gasteiger partial charge in [-0.15, -0.1) is 10.2 Å². The van der Waals surface area contributed by atoms with Crippen molar-refractivity contribution in [3.63, 3.8) is 0 Å². The highest BCUT2D eigenvalue weighted by molar-refractivity contribution is 9.10. The SMILES string of the molecule is Cc1c(C(=O)c2cc(Br)ccc2OCCNC(=O)OC(C)(C)C)c(C)n(C(C)NC(=O)OC(C)(C)C)c1-c1nnc(C2CC2)o1. The van der Waals surface area contributed by atoms with Crippen LogP contribution >= 0.6 is 15.9 Å². The van der Waals surface area contributed by atoms with E-state index in [1.165, 1.54) is 0 Å². The van der Waals surface area contributed by atoms with Gasteiger partial charge in [0.25, 0.3) is 5.89 Å². The van der Waals surface area contributed by atoms with E-state index >= 15 is 0 Å². The first-order valence-electron chi connectivity index (χ1n) is 14.9. The molecule has 2 heterocycles. The van der Waals surface area contributed by atoms with Crippen LogP contribution in [0.4, 0.5) is 9.59 Å². The van der Waals surface area contributed by atoms with Crippen LogP contribution in [0.25, 0.3) is 11.6 Å². The van der Waals surface area contributed by atoms with Crippen molar-refractivity contribution in [2.45, 2.75) is 98.4 Å². The number of hydrogen-bond acceptors (Lipinski definition) is 9. The molecule has 13 heteroatoms. The van der Waals surface area contributed by atoms with Gasteiger partial charge in [0.05, 0.1) is 12.1 Å². The van der Waals surface area contributed by atoms with Gasteiger partial charge in [-0.05, 0) is 98.9 Å². The molecule has 3 aromatic rings. The van der Waals surface area contributed by atoms with Crippen molar-refractivity contribution < 1.29 is 33.0 Å². The first-order chi connectivity index (χ1) is 20.9. The summed E-state index contributed by atoms with van der Waals surface area (Å²) in [6, 6.07) is 5.16. The van der Waals surface area contributed by atoms with Gasteiger partial charge in [-0.25, -0.2) is 9.59 Å². The van der Waals surface area contributed by atoms with Gasteiger partial charge < -0.3 is 33.8 Å². The summed E-state index contributed by atoms with van der Waals surface area (Å²) in [7, 11) is 0. The van der Waals surface area contributed by atoms with E-state index in [1.807, 2.05) is 6.92 Å². The highest BCUT2D eigenvalue weighted by Crippen LogP contribution is 2.41. The van der Waals surface area contributed by atoms with Crippen LogP contribution in [0, 0.1) is 13.8 Å². The topological polar surface area (TPSA) is 147 Å². The second kappa shape index (κ2) is 13.2. The van der Waals surface area contributed by atoms with E-state index in [0.717, 1.165) is 12.8 Å². The first kappa shape index (κ1) is 34.0. The minimum atomic E-state index is -0.694. The van der Waals surface area contributed by atoms with Gasteiger partial charge in [-0.1, -0.05) is 15.9 Å². The van der Waals surface area contributed by atoms with Crippen molar-refractivity contribution in [2.75, 3.05) is 13.2 Å². The average molecular weight is 689 g/mol. The van der Waals surface area contributed by atoms with Gasteiger partial charge in [0.15, 0.2) is 5.78 Å². The van der Waals surface area contributed by atoms with Crippen LogP contribution in [0.2, 0.25) is 0 Å². The Balaban J connectivity index is 1.67. The van der Waals surface area contributed by atoms with E-state index < -0.39 is 29.6 Å². The molecule has 1 aliphatic carbocycles. The number of nitrogens with one attached hydrogen (secondary N) is 2. The summed E-state index contributed by atoms with van der Waals surface area (Å²) in [5.74, 6) is 1.09. The van der Waals surface area contributed by atoms with Crippen LogP contribution in [0.15, 0.2) is 27.1 Å². The Bertz CT molecular complexity index is 1580. The molecule has 0 spiro atoms. The molecule has 244 valence electrons. The lowest BCUT2D eigenvalue weighted by molar-refractivity contribution is 0.0484. The molecular formula is C32H42BrN5O7. The molecule has 1 saturated carbocycles. The molecule has 2 amide bonds. The molecule has 12 nitrogen and oxygen atoms in total. The molecule has 0 radical (unpaired) electrons. The van der Waals surface area contributed by atoms with Gasteiger partial charge in [0, 0.05) is 21.6 Å². The minimum absolute atomic E-state index is 0.105. The predicted octanol–water partition coefficient (Wildman–Crippen LogP) is 6.97. The standard InChI is InChI=1S/C32H42BrN5O7/c1-17-24(26(39)22-16-21(33)12-13-23(22)42-15-14-34-29(40)44-31(4,5)6)18(2)38(19(3)35-30(41)45-32(7,8)9)25(17)28-37-36-27(43-28)20-10-11-20/h12-13,16,19-20H,10-11,14-15H2,1-9H3,(H,34,40)(H,35,41). The van der Waals surface area contributed by atoms with Gasteiger partial charge in [-0.2, -0.15) is 0 Å². The van der Waals surface area contributed by atoms with E-state index in [1.54, 1.807) is 78.2 Å². The number of rotatable bonds is 10.